The minimum atomic E-state index is 0.647. The standard InChI is InChI=1S/C12H20N4OS/c1-10-9-18-11(15-10)3-2-4-14-12(13)16-5-7-17-8-6-16/h9H,2-8H2,1H3,(H2,13,14). The zero-order chi connectivity index (χ0) is 12.8. The lowest BCUT2D eigenvalue weighted by atomic mass is 10.3. The van der Waals surface area contributed by atoms with Gasteiger partial charge in [0.05, 0.1) is 18.2 Å². The van der Waals surface area contributed by atoms with Crippen LogP contribution in [0.4, 0.5) is 0 Å². The van der Waals surface area contributed by atoms with E-state index in [0.29, 0.717) is 5.96 Å². The molecule has 0 radical (unpaired) electrons. The van der Waals surface area contributed by atoms with E-state index in [1.165, 1.54) is 5.01 Å². The van der Waals surface area contributed by atoms with Crippen molar-refractivity contribution in [1.29, 1.82) is 0 Å². The van der Waals surface area contributed by atoms with E-state index in [2.05, 4.69) is 20.3 Å². The summed E-state index contributed by atoms with van der Waals surface area (Å²) < 4.78 is 5.28. The van der Waals surface area contributed by atoms with E-state index in [9.17, 15) is 0 Å². The van der Waals surface area contributed by atoms with Crippen molar-refractivity contribution in [3.05, 3.63) is 16.1 Å². The summed E-state index contributed by atoms with van der Waals surface area (Å²) in [6.07, 6.45) is 1.98. The maximum Gasteiger partial charge on any atom is 0.191 e. The van der Waals surface area contributed by atoms with Crippen LogP contribution in [0.5, 0.6) is 0 Å². The Kier molecular flexibility index (Phi) is 4.95. The quantitative estimate of drug-likeness (QED) is 0.503. The van der Waals surface area contributed by atoms with Crippen molar-refractivity contribution in [3.63, 3.8) is 0 Å². The molecule has 1 aromatic rings. The molecule has 0 spiro atoms. The average Bonchev–Trinajstić information content (AvgIpc) is 2.81. The number of thiazole rings is 1. The van der Waals surface area contributed by atoms with Gasteiger partial charge in [-0.05, 0) is 13.3 Å². The zero-order valence-electron chi connectivity index (χ0n) is 10.8. The second kappa shape index (κ2) is 6.70. The number of nitrogens with two attached hydrogens (primary N) is 1. The number of aromatic nitrogens is 1. The summed E-state index contributed by atoms with van der Waals surface area (Å²) in [4.78, 5) is 10.9. The number of guanidine groups is 1. The molecule has 0 aliphatic carbocycles. The smallest absolute Gasteiger partial charge is 0.191 e. The molecule has 0 bridgehead atoms. The number of nitrogens with zero attached hydrogens (tertiary/aromatic N) is 3. The molecule has 0 saturated carbocycles. The normalized spacial score (nSPS) is 17.2. The van der Waals surface area contributed by atoms with Crippen molar-refractivity contribution >= 4 is 17.3 Å². The van der Waals surface area contributed by atoms with E-state index in [0.717, 1.165) is 51.4 Å². The maximum atomic E-state index is 5.94. The topological polar surface area (TPSA) is 63.7 Å². The van der Waals surface area contributed by atoms with E-state index >= 15 is 0 Å². The highest BCUT2D eigenvalue weighted by atomic mass is 32.1. The highest BCUT2D eigenvalue weighted by Crippen LogP contribution is 2.10. The summed E-state index contributed by atoms with van der Waals surface area (Å²) in [5.41, 5.74) is 7.04. The van der Waals surface area contributed by atoms with E-state index in [1.807, 2.05) is 6.92 Å². The third-order valence-electron chi connectivity index (χ3n) is 2.82. The number of hydrogen-bond donors (Lipinski definition) is 1. The van der Waals surface area contributed by atoms with Gasteiger partial charge in [0, 0.05) is 37.1 Å². The van der Waals surface area contributed by atoms with Gasteiger partial charge in [0.15, 0.2) is 5.96 Å². The van der Waals surface area contributed by atoms with Gasteiger partial charge in [0.25, 0.3) is 0 Å². The van der Waals surface area contributed by atoms with Crippen molar-refractivity contribution in [1.82, 2.24) is 9.88 Å². The molecule has 1 aromatic heterocycles. The molecule has 0 amide bonds. The van der Waals surface area contributed by atoms with Crippen molar-refractivity contribution in [3.8, 4) is 0 Å². The Balaban J connectivity index is 1.70. The van der Waals surface area contributed by atoms with Gasteiger partial charge in [-0.15, -0.1) is 11.3 Å². The first-order valence-corrected chi connectivity index (χ1v) is 7.17. The van der Waals surface area contributed by atoms with Crippen LogP contribution in [0.1, 0.15) is 17.1 Å². The summed E-state index contributed by atoms with van der Waals surface area (Å²) in [6.45, 7) is 5.97. The van der Waals surface area contributed by atoms with E-state index in [-0.39, 0.29) is 0 Å². The minimum Gasteiger partial charge on any atom is -0.378 e. The van der Waals surface area contributed by atoms with E-state index in [1.54, 1.807) is 11.3 Å². The van der Waals surface area contributed by atoms with Gasteiger partial charge in [-0.25, -0.2) is 4.98 Å². The predicted octanol–water partition coefficient (Wildman–Crippen LogP) is 1.03. The third kappa shape index (κ3) is 3.96. The highest BCUT2D eigenvalue weighted by molar-refractivity contribution is 7.09. The van der Waals surface area contributed by atoms with Gasteiger partial charge in [-0.1, -0.05) is 0 Å². The fraction of sp³-hybridized carbons (Fsp3) is 0.667. The number of aryl methyl sites for hydroxylation is 2. The van der Waals surface area contributed by atoms with Crippen molar-refractivity contribution in [2.45, 2.75) is 19.8 Å². The third-order valence-corrected chi connectivity index (χ3v) is 3.85. The molecular formula is C12H20N4OS. The second-order valence-electron chi connectivity index (χ2n) is 4.33. The number of rotatable bonds is 4. The zero-order valence-corrected chi connectivity index (χ0v) is 11.6. The van der Waals surface area contributed by atoms with Gasteiger partial charge in [0.2, 0.25) is 0 Å². The van der Waals surface area contributed by atoms with Crippen LogP contribution in [-0.4, -0.2) is 48.7 Å². The summed E-state index contributed by atoms with van der Waals surface area (Å²) in [6, 6.07) is 0. The Morgan fingerprint density at radius 2 is 2.33 bits per heavy atom. The largest absolute Gasteiger partial charge is 0.378 e. The molecule has 0 atom stereocenters. The van der Waals surface area contributed by atoms with Gasteiger partial charge in [-0.2, -0.15) is 0 Å². The Labute approximate surface area is 112 Å². The fourth-order valence-electron chi connectivity index (χ4n) is 1.83. The molecule has 1 aliphatic heterocycles. The highest BCUT2D eigenvalue weighted by Gasteiger charge is 2.11. The Bertz CT molecular complexity index is 399. The summed E-state index contributed by atoms with van der Waals surface area (Å²) in [7, 11) is 0. The molecule has 6 heteroatoms. The molecule has 5 nitrogen and oxygen atoms in total. The van der Waals surface area contributed by atoms with E-state index in [4.69, 9.17) is 10.5 Å². The van der Waals surface area contributed by atoms with Crippen LogP contribution in [0, 0.1) is 6.92 Å². The Morgan fingerprint density at radius 3 is 3.00 bits per heavy atom. The minimum absolute atomic E-state index is 0.647. The number of hydrogen-bond acceptors (Lipinski definition) is 4. The first-order chi connectivity index (χ1) is 8.75. The van der Waals surface area contributed by atoms with Crippen LogP contribution in [0.3, 0.4) is 0 Å². The van der Waals surface area contributed by atoms with Gasteiger partial charge in [0.1, 0.15) is 0 Å². The summed E-state index contributed by atoms with van der Waals surface area (Å²) in [5.74, 6) is 0.647. The van der Waals surface area contributed by atoms with Crippen LogP contribution >= 0.6 is 11.3 Å². The molecule has 100 valence electrons. The SMILES string of the molecule is Cc1csc(CCCN=C(N)N2CCOCC2)n1. The van der Waals surface area contributed by atoms with Crippen LogP contribution in [-0.2, 0) is 11.2 Å². The Morgan fingerprint density at radius 1 is 1.56 bits per heavy atom. The number of ether oxygens (including phenoxy) is 1. The molecule has 0 unspecified atom stereocenters. The number of morpholine rings is 1. The molecule has 1 saturated heterocycles. The molecular weight excluding hydrogens is 248 g/mol. The predicted molar refractivity (Wildman–Crippen MR) is 74.1 cm³/mol. The summed E-state index contributed by atoms with van der Waals surface area (Å²) >= 11 is 1.72. The molecule has 0 aromatic carbocycles. The molecule has 2 N–H and O–H groups in total. The Hall–Kier alpha value is -1.14. The van der Waals surface area contributed by atoms with Crippen LogP contribution in [0.2, 0.25) is 0 Å². The number of aliphatic imine (C=N–C) groups is 1. The summed E-state index contributed by atoms with van der Waals surface area (Å²) in [5, 5.41) is 3.27. The molecule has 2 heterocycles. The molecule has 18 heavy (non-hydrogen) atoms. The average molecular weight is 268 g/mol. The fourth-order valence-corrected chi connectivity index (χ4v) is 2.65. The van der Waals surface area contributed by atoms with Crippen LogP contribution < -0.4 is 5.73 Å². The van der Waals surface area contributed by atoms with Crippen molar-refractivity contribution in [2.75, 3.05) is 32.8 Å². The molecule has 1 aliphatic rings. The van der Waals surface area contributed by atoms with Crippen LogP contribution in [0.25, 0.3) is 0 Å². The first kappa shape index (κ1) is 13.3. The van der Waals surface area contributed by atoms with Gasteiger partial charge >= 0.3 is 0 Å². The van der Waals surface area contributed by atoms with Crippen LogP contribution in [0.15, 0.2) is 10.4 Å². The first-order valence-electron chi connectivity index (χ1n) is 6.29. The van der Waals surface area contributed by atoms with Gasteiger partial charge in [-0.3, -0.25) is 4.99 Å². The second-order valence-corrected chi connectivity index (χ2v) is 5.27. The molecule has 2 rings (SSSR count). The molecule has 1 fully saturated rings. The lowest BCUT2D eigenvalue weighted by Crippen LogP contribution is -2.44. The lowest BCUT2D eigenvalue weighted by Gasteiger charge is -2.27. The monoisotopic (exact) mass is 268 g/mol. The van der Waals surface area contributed by atoms with Gasteiger partial charge < -0.3 is 15.4 Å². The lowest BCUT2D eigenvalue weighted by molar-refractivity contribution is 0.0674. The van der Waals surface area contributed by atoms with Crippen molar-refractivity contribution < 1.29 is 4.74 Å². The maximum absolute atomic E-state index is 5.94. The van der Waals surface area contributed by atoms with Crippen molar-refractivity contribution in [2.24, 2.45) is 10.7 Å². The van der Waals surface area contributed by atoms with E-state index < -0.39 is 0 Å².